The Morgan fingerprint density at radius 2 is 2.17 bits per heavy atom. The zero-order valence-electron chi connectivity index (χ0n) is 7.78. The van der Waals surface area contributed by atoms with Crippen LogP contribution in [-0.4, -0.2) is 48.6 Å². The van der Waals surface area contributed by atoms with Crippen LogP contribution in [0, 0.1) is 0 Å². The molecule has 0 radical (unpaired) electrons. The van der Waals surface area contributed by atoms with Crippen molar-refractivity contribution >= 4 is 9.76 Å². The highest BCUT2D eigenvalue weighted by atomic mass is 28.2. The number of rotatable bonds is 8. The van der Waals surface area contributed by atoms with Crippen LogP contribution >= 0.6 is 0 Å². The van der Waals surface area contributed by atoms with Crippen molar-refractivity contribution in [2.75, 3.05) is 27.4 Å². The minimum Gasteiger partial charge on any atom is -0.398 e. The lowest BCUT2D eigenvalue weighted by atomic mass is 10.5. The van der Waals surface area contributed by atoms with E-state index in [0.29, 0.717) is 6.61 Å². The zero-order valence-corrected chi connectivity index (χ0v) is 9.20. The molecule has 1 unspecified atom stereocenters. The molecule has 0 spiro atoms. The predicted octanol–water partition coefficient (Wildman–Crippen LogP) is -0.494. The summed E-state index contributed by atoms with van der Waals surface area (Å²) < 4.78 is 15.3. The Morgan fingerprint density at radius 3 is 2.67 bits per heavy atom. The van der Waals surface area contributed by atoms with E-state index in [2.05, 4.69) is 0 Å². The first kappa shape index (κ1) is 12.1. The van der Waals surface area contributed by atoms with Crippen molar-refractivity contribution in [1.82, 2.24) is 0 Å². The van der Waals surface area contributed by atoms with Crippen LogP contribution in [0.15, 0.2) is 0 Å². The average molecular weight is 194 g/mol. The van der Waals surface area contributed by atoms with Gasteiger partial charge in [0.15, 0.2) is 16.1 Å². The van der Waals surface area contributed by atoms with Crippen LogP contribution in [0.2, 0.25) is 6.04 Å². The van der Waals surface area contributed by atoms with Gasteiger partial charge in [-0.15, -0.1) is 0 Å². The van der Waals surface area contributed by atoms with E-state index >= 15 is 0 Å². The molecule has 0 bridgehead atoms. The minimum atomic E-state index is -0.543. The third-order valence-electron chi connectivity index (χ3n) is 1.42. The van der Waals surface area contributed by atoms with Gasteiger partial charge in [-0.3, -0.25) is 0 Å². The van der Waals surface area contributed by atoms with E-state index in [1.165, 1.54) is 0 Å². The van der Waals surface area contributed by atoms with Gasteiger partial charge in [-0.05, 0) is 12.5 Å². The van der Waals surface area contributed by atoms with Crippen molar-refractivity contribution in [1.29, 1.82) is 0 Å². The molecular weight excluding hydrogens is 176 g/mol. The smallest absolute Gasteiger partial charge is 0.170 e. The van der Waals surface area contributed by atoms with Gasteiger partial charge in [-0.2, -0.15) is 0 Å². The van der Waals surface area contributed by atoms with Crippen LogP contribution in [0.3, 0.4) is 0 Å². The van der Waals surface area contributed by atoms with E-state index in [1.54, 1.807) is 14.2 Å². The molecule has 0 aromatic rings. The Bertz CT molecular complexity index is 91.5. The van der Waals surface area contributed by atoms with Crippen LogP contribution in [0.4, 0.5) is 0 Å². The molecular formula is C7H18O4Si. The molecule has 0 amide bonds. The number of aliphatic hydroxyl groups excluding tert-OH is 1. The van der Waals surface area contributed by atoms with E-state index in [-0.39, 0.29) is 12.9 Å². The Morgan fingerprint density at radius 1 is 1.42 bits per heavy atom. The van der Waals surface area contributed by atoms with E-state index in [0.717, 1.165) is 12.5 Å². The maximum Gasteiger partial charge on any atom is 0.170 e. The maximum atomic E-state index is 8.50. The van der Waals surface area contributed by atoms with Gasteiger partial charge in [0.1, 0.15) is 0 Å². The third-order valence-corrected chi connectivity index (χ3v) is 2.82. The summed E-state index contributed by atoms with van der Waals surface area (Å²) in [6, 6.07) is 0.986. The van der Waals surface area contributed by atoms with Crippen LogP contribution in [-0.2, 0) is 13.9 Å². The summed E-state index contributed by atoms with van der Waals surface area (Å²) in [5.41, 5.74) is 0. The molecule has 1 N–H and O–H groups in total. The lowest BCUT2D eigenvalue weighted by Gasteiger charge is -2.14. The summed E-state index contributed by atoms with van der Waals surface area (Å²) in [4.78, 5) is 0. The second kappa shape index (κ2) is 9.15. The summed E-state index contributed by atoms with van der Waals surface area (Å²) in [6.45, 7) is 0.723. The molecule has 0 aliphatic heterocycles. The first-order chi connectivity index (χ1) is 5.85. The Labute approximate surface area is 75.8 Å². The fourth-order valence-corrected chi connectivity index (χ4v) is 1.84. The zero-order chi connectivity index (χ0) is 9.23. The average Bonchev–Trinajstić information content (AvgIpc) is 2.10. The second-order valence-electron chi connectivity index (χ2n) is 2.42. The molecule has 5 heteroatoms. The Balaban J connectivity index is 3.19. The quantitative estimate of drug-likeness (QED) is 0.322. The molecule has 12 heavy (non-hydrogen) atoms. The summed E-state index contributed by atoms with van der Waals surface area (Å²) in [5.74, 6) is 0. The summed E-state index contributed by atoms with van der Waals surface area (Å²) in [7, 11) is 2.67. The van der Waals surface area contributed by atoms with Gasteiger partial charge in [0, 0.05) is 20.8 Å². The number of ether oxygens (including phenoxy) is 2. The molecule has 4 nitrogen and oxygen atoms in total. The van der Waals surface area contributed by atoms with Crippen molar-refractivity contribution in [3.05, 3.63) is 0 Å². The SMILES string of the molecule is COCC(OC)O[SiH2]CCCO. The molecule has 0 saturated carbocycles. The van der Waals surface area contributed by atoms with Crippen molar-refractivity contribution in [3.63, 3.8) is 0 Å². The first-order valence-corrected chi connectivity index (χ1v) is 5.67. The third kappa shape index (κ3) is 6.75. The standard InChI is InChI=1S/C7H18O4Si/c1-9-6-7(10-2)11-12-5-3-4-8/h7-8H,3-6,12H2,1-2H3. The van der Waals surface area contributed by atoms with E-state index in [9.17, 15) is 0 Å². The highest BCUT2D eigenvalue weighted by Gasteiger charge is 2.05. The van der Waals surface area contributed by atoms with Crippen molar-refractivity contribution in [3.8, 4) is 0 Å². The van der Waals surface area contributed by atoms with Gasteiger partial charge in [0.05, 0.1) is 6.61 Å². The van der Waals surface area contributed by atoms with Crippen LogP contribution in [0.1, 0.15) is 6.42 Å². The summed E-state index contributed by atoms with van der Waals surface area (Å²) in [5, 5.41) is 8.50. The van der Waals surface area contributed by atoms with Crippen molar-refractivity contribution in [2.45, 2.75) is 18.8 Å². The number of hydrogen-bond acceptors (Lipinski definition) is 4. The second-order valence-corrected chi connectivity index (χ2v) is 3.87. The largest absolute Gasteiger partial charge is 0.398 e. The molecule has 0 fully saturated rings. The van der Waals surface area contributed by atoms with Crippen LogP contribution in [0.5, 0.6) is 0 Å². The van der Waals surface area contributed by atoms with Gasteiger partial charge < -0.3 is 19.0 Å². The van der Waals surface area contributed by atoms with Gasteiger partial charge in [-0.1, -0.05) is 0 Å². The van der Waals surface area contributed by atoms with Gasteiger partial charge in [0.25, 0.3) is 0 Å². The molecule has 0 rings (SSSR count). The molecule has 74 valence electrons. The molecule has 0 aliphatic carbocycles. The number of aliphatic hydroxyl groups is 1. The Hall–Kier alpha value is 0.0569. The van der Waals surface area contributed by atoms with Crippen LogP contribution < -0.4 is 0 Å². The van der Waals surface area contributed by atoms with E-state index < -0.39 is 9.76 Å². The predicted molar refractivity (Wildman–Crippen MR) is 48.8 cm³/mol. The highest BCUT2D eigenvalue weighted by Crippen LogP contribution is 1.95. The molecule has 0 aromatic carbocycles. The molecule has 0 aromatic heterocycles. The highest BCUT2D eigenvalue weighted by molar-refractivity contribution is 6.27. The molecule has 0 aliphatic rings. The van der Waals surface area contributed by atoms with E-state index in [4.69, 9.17) is 19.0 Å². The van der Waals surface area contributed by atoms with Gasteiger partial charge in [-0.25, -0.2) is 0 Å². The normalized spacial score (nSPS) is 14.2. The van der Waals surface area contributed by atoms with Crippen molar-refractivity contribution < 1.29 is 19.0 Å². The van der Waals surface area contributed by atoms with E-state index in [1.807, 2.05) is 0 Å². The van der Waals surface area contributed by atoms with Gasteiger partial charge in [0.2, 0.25) is 0 Å². The minimum absolute atomic E-state index is 0.222. The van der Waals surface area contributed by atoms with Crippen LogP contribution in [0.25, 0.3) is 0 Å². The molecule has 1 atom stereocenters. The molecule has 0 saturated heterocycles. The van der Waals surface area contributed by atoms with Crippen molar-refractivity contribution in [2.24, 2.45) is 0 Å². The lowest BCUT2D eigenvalue weighted by molar-refractivity contribution is -0.0929. The topological polar surface area (TPSA) is 47.9 Å². The number of hydrogen-bond donors (Lipinski definition) is 1. The summed E-state index contributed by atoms with van der Waals surface area (Å²) in [6.07, 6.45) is 0.607. The maximum absolute atomic E-state index is 8.50. The fourth-order valence-electron chi connectivity index (χ4n) is 0.749. The van der Waals surface area contributed by atoms with Gasteiger partial charge >= 0.3 is 0 Å². The fraction of sp³-hybridized carbons (Fsp3) is 1.00. The number of methoxy groups -OCH3 is 2. The molecule has 0 heterocycles. The monoisotopic (exact) mass is 194 g/mol. The summed E-state index contributed by atoms with van der Waals surface area (Å²) >= 11 is 0. The Kier molecular flexibility index (Phi) is 9.19. The first-order valence-electron chi connectivity index (χ1n) is 4.09. The lowest BCUT2D eigenvalue weighted by Crippen LogP contribution is -2.23.